The Hall–Kier alpha value is -2.88. The molecule has 172 valence electrons. The van der Waals surface area contributed by atoms with E-state index in [-0.39, 0.29) is 11.1 Å². The summed E-state index contributed by atoms with van der Waals surface area (Å²) in [6.07, 6.45) is 10.5. The second-order valence-electron chi connectivity index (χ2n) is 8.82. The van der Waals surface area contributed by atoms with E-state index in [1.165, 1.54) is 43.4 Å². The van der Waals surface area contributed by atoms with E-state index < -0.39 is 29.7 Å². The van der Waals surface area contributed by atoms with E-state index in [2.05, 4.69) is 31.2 Å². The summed E-state index contributed by atoms with van der Waals surface area (Å²) in [5.41, 5.74) is 2.37. The van der Waals surface area contributed by atoms with Gasteiger partial charge in [-0.1, -0.05) is 55.5 Å². The van der Waals surface area contributed by atoms with Gasteiger partial charge in [-0.2, -0.15) is 0 Å². The fourth-order valence-corrected chi connectivity index (χ4v) is 4.74. The standard InChI is InChI=1S/C29H28F4/c1-2-3-4-19-5-7-20(8-6-19)21-9-11-22(12-10-21)23-13-14-25(27(31)15-23)24-16-28(32)26(18-30)29(33)17-24/h3-4,9-17,19-20H,2,5-8,18H2,1H3/b4-3+. The molecule has 0 heterocycles. The number of allylic oxidation sites excluding steroid dienone is 2. The lowest BCUT2D eigenvalue weighted by Gasteiger charge is -2.27. The minimum Gasteiger partial charge on any atom is -0.246 e. The lowest BCUT2D eigenvalue weighted by molar-refractivity contribution is 0.375. The van der Waals surface area contributed by atoms with Crippen LogP contribution in [0.25, 0.3) is 22.3 Å². The monoisotopic (exact) mass is 452 g/mol. The Morgan fingerprint density at radius 2 is 1.36 bits per heavy atom. The van der Waals surface area contributed by atoms with Crippen molar-refractivity contribution in [3.05, 3.63) is 95.3 Å². The predicted octanol–water partition coefficient (Wildman–Crippen LogP) is 9.15. The molecular weight excluding hydrogens is 424 g/mol. The largest absolute Gasteiger partial charge is 0.246 e. The van der Waals surface area contributed by atoms with Gasteiger partial charge in [0.25, 0.3) is 0 Å². The first-order chi connectivity index (χ1) is 16.0. The molecule has 1 aliphatic rings. The third kappa shape index (κ3) is 5.21. The van der Waals surface area contributed by atoms with Gasteiger partial charge >= 0.3 is 0 Å². The zero-order chi connectivity index (χ0) is 23.4. The van der Waals surface area contributed by atoms with Crippen molar-refractivity contribution in [3.8, 4) is 22.3 Å². The number of hydrogen-bond acceptors (Lipinski definition) is 0. The molecule has 0 atom stereocenters. The van der Waals surface area contributed by atoms with Crippen LogP contribution < -0.4 is 0 Å². The molecule has 3 aromatic rings. The van der Waals surface area contributed by atoms with E-state index in [1.54, 1.807) is 6.07 Å². The van der Waals surface area contributed by atoms with Crippen molar-refractivity contribution in [3.63, 3.8) is 0 Å². The summed E-state index contributed by atoms with van der Waals surface area (Å²) in [6.45, 7) is 0.917. The van der Waals surface area contributed by atoms with Gasteiger partial charge in [0, 0.05) is 5.56 Å². The highest BCUT2D eigenvalue weighted by atomic mass is 19.1. The van der Waals surface area contributed by atoms with E-state index >= 15 is 0 Å². The van der Waals surface area contributed by atoms with E-state index in [1.807, 2.05) is 12.1 Å². The molecule has 33 heavy (non-hydrogen) atoms. The molecule has 0 aromatic heterocycles. The highest BCUT2D eigenvalue weighted by Crippen LogP contribution is 2.37. The van der Waals surface area contributed by atoms with Crippen molar-refractivity contribution < 1.29 is 17.6 Å². The maximum atomic E-state index is 14.8. The van der Waals surface area contributed by atoms with Crippen molar-refractivity contribution in [2.24, 2.45) is 5.92 Å². The number of rotatable bonds is 6. The molecule has 0 nitrogen and oxygen atoms in total. The topological polar surface area (TPSA) is 0 Å². The van der Waals surface area contributed by atoms with Gasteiger partial charge in [0.05, 0.1) is 5.56 Å². The Kier molecular flexibility index (Phi) is 7.32. The maximum absolute atomic E-state index is 14.8. The summed E-state index contributed by atoms with van der Waals surface area (Å²) < 4.78 is 55.5. The van der Waals surface area contributed by atoms with Gasteiger partial charge in [0.15, 0.2) is 0 Å². The van der Waals surface area contributed by atoms with Crippen LogP contribution in [0.15, 0.2) is 66.7 Å². The second-order valence-corrected chi connectivity index (χ2v) is 8.82. The molecular formula is C29H28F4. The molecule has 4 rings (SSSR count). The SMILES string of the molecule is CC/C=C/C1CCC(c2ccc(-c3ccc(-c4cc(F)c(CF)c(F)c4)c(F)c3)cc2)CC1. The second kappa shape index (κ2) is 10.4. The molecule has 1 fully saturated rings. The van der Waals surface area contributed by atoms with Gasteiger partial charge in [-0.15, -0.1) is 0 Å². The van der Waals surface area contributed by atoms with Crippen molar-refractivity contribution in [2.45, 2.75) is 51.6 Å². The van der Waals surface area contributed by atoms with E-state index in [0.29, 0.717) is 17.4 Å². The van der Waals surface area contributed by atoms with Crippen molar-refractivity contribution >= 4 is 0 Å². The lowest BCUT2D eigenvalue weighted by Crippen LogP contribution is -2.11. The Bertz CT molecular complexity index is 1100. The molecule has 0 radical (unpaired) electrons. The third-order valence-corrected chi connectivity index (χ3v) is 6.69. The van der Waals surface area contributed by atoms with Crippen LogP contribution in [-0.4, -0.2) is 0 Å². The van der Waals surface area contributed by atoms with Gasteiger partial charge in [-0.3, -0.25) is 0 Å². The van der Waals surface area contributed by atoms with Crippen LogP contribution in [0.1, 0.15) is 56.1 Å². The van der Waals surface area contributed by atoms with Crippen LogP contribution in [0.3, 0.4) is 0 Å². The molecule has 0 amide bonds. The predicted molar refractivity (Wildman–Crippen MR) is 126 cm³/mol. The molecule has 0 saturated heterocycles. The fraction of sp³-hybridized carbons (Fsp3) is 0.310. The van der Waals surface area contributed by atoms with Gasteiger partial charge < -0.3 is 0 Å². The Morgan fingerprint density at radius 1 is 0.758 bits per heavy atom. The summed E-state index contributed by atoms with van der Waals surface area (Å²) in [5.74, 6) is -1.36. The first-order valence-corrected chi connectivity index (χ1v) is 11.6. The molecule has 1 aliphatic carbocycles. The minimum atomic E-state index is -1.24. The Balaban J connectivity index is 1.49. The first-order valence-electron chi connectivity index (χ1n) is 11.6. The van der Waals surface area contributed by atoms with Gasteiger partial charge in [-0.05, 0) is 84.4 Å². The summed E-state index contributed by atoms with van der Waals surface area (Å²) >= 11 is 0. The van der Waals surface area contributed by atoms with Crippen LogP contribution in [0.4, 0.5) is 17.6 Å². The van der Waals surface area contributed by atoms with E-state index in [4.69, 9.17) is 0 Å². The first kappa shape index (κ1) is 23.3. The van der Waals surface area contributed by atoms with E-state index in [9.17, 15) is 17.6 Å². The number of benzene rings is 3. The van der Waals surface area contributed by atoms with Gasteiger partial charge in [0.2, 0.25) is 0 Å². The smallest absolute Gasteiger partial charge is 0.132 e. The highest BCUT2D eigenvalue weighted by Gasteiger charge is 2.21. The summed E-state index contributed by atoms with van der Waals surface area (Å²) in [6, 6.07) is 14.8. The molecule has 0 bridgehead atoms. The molecule has 0 unspecified atom stereocenters. The molecule has 0 spiro atoms. The average Bonchev–Trinajstić information content (AvgIpc) is 2.83. The number of halogens is 4. The maximum Gasteiger partial charge on any atom is 0.132 e. The van der Waals surface area contributed by atoms with Gasteiger partial charge in [0.1, 0.15) is 24.1 Å². The quantitative estimate of drug-likeness (QED) is 0.258. The van der Waals surface area contributed by atoms with Crippen molar-refractivity contribution in [1.29, 1.82) is 0 Å². The minimum absolute atomic E-state index is 0.0472. The molecule has 1 saturated carbocycles. The highest BCUT2D eigenvalue weighted by molar-refractivity contribution is 5.71. The molecule has 4 heteroatoms. The Morgan fingerprint density at radius 3 is 1.94 bits per heavy atom. The van der Waals surface area contributed by atoms with Crippen LogP contribution in [0.2, 0.25) is 0 Å². The Labute approximate surface area is 193 Å². The number of alkyl halides is 1. The lowest BCUT2D eigenvalue weighted by atomic mass is 9.78. The van der Waals surface area contributed by atoms with Gasteiger partial charge in [-0.25, -0.2) is 17.6 Å². The number of hydrogen-bond donors (Lipinski definition) is 0. The van der Waals surface area contributed by atoms with Crippen LogP contribution in [-0.2, 0) is 6.67 Å². The van der Waals surface area contributed by atoms with Crippen LogP contribution in [0.5, 0.6) is 0 Å². The fourth-order valence-electron chi connectivity index (χ4n) is 4.74. The van der Waals surface area contributed by atoms with Crippen LogP contribution in [0, 0.1) is 23.4 Å². The van der Waals surface area contributed by atoms with Crippen molar-refractivity contribution in [2.75, 3.05) is 0 Å². The molecule has 0 N–H and O–H groups in total. The summed E-state index contributed by atoms with van der Waals surface area (Å²) in [5, 5.41) is 0. The van der Waals surface area contributed by atoms with Crippen molar-refractivity contribution in [1.82, 2.24) is 0 Å². The zero-order valence-electron chi connectivity index (χ0n) is 18.8. The molecule has 3 aromatic carbocycles. The van der Waals surface area contributed by atoms with Crippen LogP contribution >= 0.6 is 0 Å². The summed E-state index contributed by atoms with van der Waals surface area (Å²) in [7, 11) is 0. The average molecular weight is 453 g/mol. The molecule has 0 aliphatic heterocycles. The third-order valence-electron chi connectivity index (χ3n) is 6.69. The van der Waals surface area contributed by atoms with E-state index in [0.717, 1.165) is 24.1 Å². The normalized spacial score (nSPS) is 18.7. The zero-order valence-corrected chi connectivity index (χ0v) is 18.8. The summed E-state index contributed by atoms with van der Waals surface area (Å²) in [4.78, 5) is 0.